The number of nitrogens with one attached hydrogen (secondary N) is 1. The second-order valence-corrected chi connectivity index (χ2v) is 5.27. The number of thioether (sulfide) groups is 1. The molecule has 3 N–H and O–H groups in total. The monoisotopic (exact) mass is 252 g/mol. The Kier molecular flexibility index (Phi) is 4.86. The molecule has 0 saturated carbocycles. The highest BCUT2D eigenvalue weighted by Crippen LogP contribution is 2.29. The van der Waals surface area contributed by atoms with Gasteiger partial charge in [-0.05, 0) is 36.8 Å². The number of hydrazine groups is 1. The highest BCUT2D eigenvalue weighted by Gasteiger charge is 2.24. The third-order valence-electron chi connectivity index (χ3n) is 3.32. The number of hydrogen-bond acceptors (Lipinski definition) is 4. The van der Waals surface area contributed by atoms with E-state index in [4.69, 9.17) is 10.6 Å². The second-order valence-electron chi connectivity index (χ2n) is 4.39. The predicted molar refractivity (Wildman–Crippen MR) is 71.8 cm³/mol. The highest BCUT2D eigenvalue weighted by molar-refractivity contribution is 7.98. The Morgan fingerprint density at radius 1 is 1.41 bits per heavy atom. The van der Waals surface area contributed by atoms with Gasteiger partial charge < -0.3 is 4.74 Å². The van der Waals surface area contributed by atoms with Crippen molar-refractivity contribution in [2.45, 2.75) is 23.8 Å². The zero-order valence-corrected chi connectivity index (χ0v) is 11.0. The van der Waals surface area contributed by atoms with Crippen LogP contribution >= 0.6 is 11.8 Å². The number of rotatable bonds is 4. The molecular formula is C13H20N2OS. The molecule has 1 aromatic carbocycles. The molecule has 2 rings (SSSR count). The lowest BCUT2D eigenvalue weighted by atomic mass is 9.89. The maximum atomic E-state index is 5.70. The van der Waals surface area contributed by atoms with Crippen molar-refractivity contribution in [3.8, 4) is 0 Å². The Labute approximate surface area is 107 Å². The van der Waals surface area contributed by atoms with Crippen molar-refractivity contribution in [3.05, 3.63) is 29.8 Å². The molecule has 1 aromatic rings. The summed E-state index contributed by atoms with van der Waals surface area (Å²) in [5.74, 6) is 6.18. The van der Waals surface area contributed by atoms with Crippen molar-refractivity contribution in [2.75, 3.05) is 19.5 Å². The lowest BCUT2D eigenvalue weighted by Gasteiger charge is -2.30. The summed E-state index contributed by atoms with van der Waals surface area (Å²) in [6, 6.07) is 8.81. The summed E-state index contributed by atoms with van der Waals surface area (Å²) < 4.78 is 5.53. The van der Waals surface area contributed by atoms with Crippen LogP contribution in [0.1, 0.15) is 24.4 Å². The molecule has 3 nitrogen and oxygen atoms in total. The molecule has 2 atom stereocenters. The third-order valence-corrected chi connectivity index (χ3v) is 4.06. The Balaban J connectivity index is 2.10. The van der Waals surface area contributed by atoms with Crippen LogP contribution in [0.2, 0.25) is 0 Å². The van der Waals surface area contributed by atoms with E-state index in [0.29, 0.717) is 5.92 Å². The minimum Gasteiger partial charge on any atom is -0.381 e. The van der Waals surface area contributed by atoms with Crippen LogP contribution in [0.25, 0.3) is 0 Å². The fourth-order valence-electron chi connectivity index (χ4n) is 2.34. The molecule has 0 bridgehead atoms. The van der Waals surface area contributed by atoms with Gasteiger partial charge in [-0.15, -0.1) is 11.8 Å². The fourth-order valence-corrected chi connectivity index (χ4v) is 2.75. The highest BCUT2D eigenvalue weighted by atomic mass is 32.2. The summed E-state index contributed by atoms with van der Waals surface area (Å²) in [7, 11) is 0. The fraction of sp³-hybridized carbons (Fsp3) is 0.538. The van der Waals surface area contributed by atoms with Gasteiger partial charge in [-0.1, -0.05) is 12.1 Å². The first-order valence-corrected chi connectivity index (χ1v) is 7.25. The van der Waals surface area contributed by atoms with Crippen molar-refractivity contribution in [1.82, 2.24) is 5.43 Å². The van der Waals surface area contributed by atoms with Crippen molar-refractivity contribution in [2.24, 2.45) is 11.8 Å². The van der Waals surface area contributed by atoms with Gasteiger partial charge in [-0.2, -0.15) is 0 Å². The van der Waals surface area contributed by atoms with Gasteiger partial charge in [0.15, 0.2) is 0 Å². The molecule has 2 unspecified atom stereocenters. The number of hydrogen-bond donors (Lipinski definition) is 2. The van der Waals surface area contributed by atoms with E-state index in [1.807, 2.05) is 0 Å². The Hall–Kier alpha value is -0.550. The van der Waals surface area contributed by atoms with Gasteiger partial charge in [0.05, 0.1) is 12.6 Å². The van der Waals surface area contributed by atoms with Gasteiger partial charge in [0.1, 0.15) is 0 Å². The van der Waals surface area contributed by atoms with Crippen LogP contribution < -0.4 is 11.3 Å². The summed E-state index contributed by atoms with van der Waals surface area (Å²) in [6.07, 6.45) is 4.40. The summed E-state index contributed by atoms with van der Waals surface area (Å²) in [6.45, 7) is 1.69. The van der Waals surface area contributed by atoms with Crippen LogP contribution in [-0.2, 0) is 4.74 Å². The van der Waals surface area contributed by atoms with Crippen LogP contribution in [0.5, 0.6) is 0 Å². The standard InChI is InChI=1S/C13H20N2OS/c1-17-12-6-4-10(5-7-12)13(15-14)11-3-2-8-16-9-11/h4-7,11,13,15H,2-3,8-9,14H2,1H3. The minimum atomic E-state index is 0.200. The van der Waals surface area contributed by atoms with Gasteiger partial charge in [0, 0.05) is 17.4 Å². The van der Waals surface area contributed by atoms with Crippen molar-refractivity contribution < 1.29 is 4.74 Å². The number of ether oxygens (including phenoxy) is 1. The molecule has 1 aliphatic rings. The van der Waals surface area contributed by atoms with E-state index in [0.717, 1.165) is 19.6 Å². The van der Waals surface area contributed by atoms with E-state index in [1.54, 1.807) is 11.8 Å². The van der Waals surface area contributed by atoms with Gasteiger partial charge in [0.25, 0.3) is 0 Å². The first-order chi connectivity index (χ1) is 8.35. The lowest BCUT2D eigenvalue weighted by Crippen LogP contribution is -2.37. The van der Waals surface area contributed by atoms with Gasteiger partial charge >= 0.3 is 0 Å². The Morgan fingerprint density at radius 2 is 2.18 bits per heavy atom. The van der Waals surface area contributed by atoms with E-state index in [-0.39, 0.29) is 6.04 Å². The van der Waals surface area contributed by atoms with Gasteiger partial charge in [0.2, 0.25) is 0 Å². The Bertz CT molecular complexity index is 336. The maximum absolute atomic E-state index is 5.70. The topological polar surface area (TPSA) is 47.3 Å². The summed E-state index contributed by atoms with van der Waals surface area (Å²) in [4.78, 5) is 1.28. The van der Waals surface area contributed by atoms with E-state index in [9.17, 15) is 0 Å². The average Bonchev–Trinajstić information content (AvgIpc) is 2.42. The molecule has 0 spiro atoms. The first-order valence-electron chi connectivity index (χ1n) is 6.03. The Morgan fingerprint density at radius 3 is 2.71 bits per heavy atom. The van der Waals surface area contributed by atoms with Crippen LogP contribution in [0.15, 0.2) is 29.2 Å². The number of benzene rings is 1. The summed E-state index contributed by atoms with van der Waals surface area (Å²) in [5, 5.41) is 0. The lowest BCUT2D eigenvalue weighted by molar-refractivity contribution is 0.0390. The van der Waals surface area contributed by atoms with Crippen molar-refractivity contribution in [1.29, 1.82) is 0 Å². The van der Waals surface area contributed by atoms with Gasteiger partial charge in [-0.25, -0.2) is 0 Å². The molecular weight excluding hydrogens is 232 g/mol. The van der Waals surface area contributed by atoms with E-state index in [1.165, 1.54) is 16.9 Å². The summed E-state index contributed by atoms with van der Waals surface area (Å²) >= 11 is 1.76. The molecule has 0 aliphatic carbocycles. The smallest absolute Gasteiger partial charge is 0.0513 e. The molecule has 1 heterocycles. The molecule has 0 amide bonds. The largest absolute Gasteiger partial charge is 0.381 e. The zero-order chi connectivity index (χ0) is 12.1. The molecule has 0 aromatic heterocycles. The van der Waals surface area contributed by atoms with Crippen LogP contribution in [0.3, 0.4) is 0 Å². The average molecular weight is 252 g/mol. The van der Waals surface area contributed by atoms with E-state index < -0.39 is 0 Å². The summed E-state index contributed by atoms with van der Waals surface area (Å²) in [5.41, 5.74) is 4.19. The zero-order valence-electron chi connectivity index (χ0n) is 10.2. The minimum absolute atomic E-state index is 0.200. The SMILES string of the molecule is CSc1ccc(C(NN)C2CCCOC2)cc1. The van der Waals surface area contributed by atoms with Crippen molar-refractivity contribution in [3.63, 3.8) is 0 Å². The quantitative estimate of drug-likeness (QED) is 0.490. The molecule has 94 valence electrons. The van der Waals surface area contributed by atoms with E-state index >= 15 is 0 Å². The molecule has 17 heavy (non-hydrogen) atoms. The molecule has 1 saturated heterocycles. The third kappa shape index (κ3) is 3.22. The van der Waals surface area contributed by atoms with Crippen LogP contribution in [-0.4, -0.2) is 19.5 Å². The molecule has 4 heteroatoms. The molecule has 0 radical (unpaired) electrons. The predicted octanol–water partition coefficient (Wildman–Crippen LogP) is 2.34. The van der Waals surface area contributed by atoms with Crippen LogP contribution in [0.4, 0.5) is 0 Å². The first kappa shape index (κ1) is 12.9. The molecule has 1 fully saturated rings. The van der Waals surface area contributed by atoms with Gasteiger partial charge in [-0.3, -0.25) is 11.3 Å². The van der Waals surface area contributed by atoms with E-state index in [2.05, 4.69) is 35.9 Å². The van der Waals surface area contributed by atoms with Crippen molar-refractivity contribution >= 4 is 11.8 Å². The number of nitrogens with two attached hydrogens (primary N) is 1. The van der Waals surface area contributed by atoms with Crippen LogP contribution in [0, 0.1) is 5.92 Å². The second kappa shape index (κ2) is 6.40. The normalized spacial score (nSPS) is 22.4. The molecule has 1 aliphatic heterocycles. The maximum Gasteiger partial charge on any atom is 0.0513 e.